The van der Waals surface area contributed by atoms with Gasteiger partial charge < -0.3 is 4.74 Å². The number of pyridine rings is 1. The van der Waals surface area contributed by atoms with E-state index < -0.39 is 11.9 Å². The van der Waals surface area contributed by atoms with Crippen LogP contribution in [0.15, 0.2) is 59.1 Å². The van der Waals surface area contributed by atoms with Crippen LogP contribution in [0.25, 0.3) is 10.8 Å². The zero-order valence-electron chi connectivity index (χ0n) is 15.2. The highest BCUT2D eigenvalue weighted by Crippen LogP contribution is 2.33. The molecule has 0 fully saturated rings. The van der Waals surface area contributed by atoms with Crippen molar-refractivity contribution in [2.24, 2.45) is 0 Å². The molecule has 0 bridgehead atoms. The number of halogens is 1. The molecule has 4 nitrogen and oxygen atoms in total. The fourth-order valence-electron chi connectivity index (χ4n) is 3.12. The van der Waals surface area contributed by atoms with Gasteiger partial charge in [0.1, 0.15) is 11.5 Å². The highest BCUT2D eigenvalue weighted by atomic mass is 79.9. The lowest BCUT2D eigenvalue weighted by Gasteiger charge is -2.18. The first-order chi connectivity index (χ1) is 13.0. The molecule has 5 heteroatoms. The van der Waals surface area contributed by atoms with E-state index in [0.717, 1.165) is 20.8 Å². The van der Waals surface area contributed by atoms with Crippen molar-refractivity contribution >= 4 is 38.5 Å². The fraction of sp³-hybridized carbons (Fsp3) is 0.227. The molecule has 0 amide bonds. The lowest BCUT2D eigenvalue weighted by atomic mass is 9.87. The average molecular weight is 426 g/mol. The third kappa shape index (κ3) is 4.08. The van der Waals surface area contributed by atoms with Crippen LogP contribution in [0.5, 0.6) is 0 Å². The third-order valence-electron chi connectivity index (χ3n) is 4.39. The first-order valence-electron chi connectivity index (χ1n) is 8.90. The number of fused-ring (bicyclic) bond motifs is 1. The summed E-state index contributed by atoms with van der Waals surface area (Å²) < 4.78 is 6.02. The first kappa shape index (κ1) is 19.2. The predicted molar refractivity (Wildman–Crippen MR) is 109 cm³/mol. The summed E-state index contributed by atoms with van der Waals surface area (Å²) in [6, 6.07) is 17.0. The number of ether oxygens (including phenoxy) is 1. The molecule has 0 saturated carbocycles. The Morgan fingerprint density at radius 1 is 1.07 bits per heavy atom. The van der Waals surface area contributed by atoms with Gasteiger partial charge in [-0.3, -0.25) is 4.79 Å². The Hall–Kier alpha value is -2.53. The number of carbonyl (C=O) groups is 2. The van der Waals surface area contributed by atoms with E-state index in [-0.39, 0.29) is 18.1 Å². The van der Waals surface area contributed by atoms with Gasteiger partial charge >= 0.3 is 5.97 Å². The van der Waals surface area contributed by atoms with E-state index in [1.807, 2.05) is 55.5 Å². The van der Waals surface area contributed by atoms with Crippen molar-refractivity contribution < 1.29 is 14.3 Å². The van der Waals surface area contributed by atoms with Crippen LogP contribution in [0, 0.1) is 0 Å². The average Bonchev–Trinajstić information content (AvgIpc) is 2.69. The maximum Gasteiger partial charge on any atom is 0.356 e. The van der Waals surface area contributed by atoms with Crippen LogP contribution in [-0.2, 0) is 9.53 Å². The Morgan fingerprint density at radius 3 is 2.48 bits per heavy atom. The second-order valence-electron chi connectivity index (χ2n) is 6.14. The Labute approximate surface area is 166 Å². The molecule has 138 valence electrons. The molecule has 1 atom stereocenters. The van der Waals surface area contributed by atoms with E-state index in [0.29, 0.717) is 12.1 Å². The van der Waals surface area contributed by atoms with Gasteiger partial charge in [-0.2, -0.15) is 0 Å². The smallest absolute Gasteiger partial charge is 0.356 e. The van der Waals surface area contributed by atoms with Crippen molar-refractivity contribution in [2.45, 2.75) is 26.2 Å². The number of aromatic nitrogens is 1. The molecule has 0 aliphatic carbocycles. The largest absolute Gasteiger partial charge is 0.461 e. The number of esters is 1. The lowest BCUT2D eigenvalue weighted by Crippen LogP contribution is -2.17. The molecule has 3 rings (SSSR count). The Bertz CT molecular complexity index is 986. The molecule has 0 aliphatic heterocycles. The van der Waals surface area contributed by atoms with Crippen molar-refractivity contribution in [1.82, 2.24) is 4.98 Å². The van der Waals surface area contributed by atoms with Crippen molar-refractivity contribution in [3.05, 3.63) is 76.0 Å². The maximum absolute atomic E-state index is 12.9. The molecule has 1 heterocycles. The quantitative estimate of drug-likeness (QED) is 0.503. The molecule has 0 saturated heterocycles. The number of hydrogen-bond acceptors (Lipinski definition) is 4. The zero-order valence-corrected chi connectivity index (χ0v) is 16.8. The summed E-state index contributed by atoms with van der Waals surface area (Å²) in [6.45, 7) is 3.86. The molecule has 2 aromatic carbocycles. The standard InChI is InChI=1S/C22H20BrNO3/c1-3-19(25)20(14-8-6-5-7-9-14)21-17-13-16(23)11-10-15(17)12-18(24-21)22(26)27-4-2/h5-13,20H,3-4H2,1-2H3. The Balaban J connectivity index is 2.29. The van der Waals surface area contributed by atoms with Gasteiger partial charge in [-0.1, -0.05) is 59.3 Å². The molecular formula is C22H20BrNO3. The summed E-state index contributed by atoms with van der Waals surface area (Å²) in [5.74, 6) is -0.974. The van der Waals surface area contributed by atoms with Gasteiger partial charge in [-0.15, -0.1) is 0 Å². The predicted octanol–water partition coefficient (Wildman–Crippen LogP) is 5.29. The maximum atomic E-state index is 12.9. The molecule has 1 aromatic heterocycles. The molecule has 0 spiro atoms. The lowest BCUT2D eigenvalue weighted by molar-refractivity contribution is -0.119. The third-order valence-corrected chi connectivity index (χ3v) is 4.88. The normalized spacial score (nSPS) is 12.0. The highest BCUT2D eigenvalue weighted by molar-refractivity contribution is 9.10. The van der Waals surface area contributed by atoms with Crippen LogP contribution < -0.4 is 0 Å². The number of carbonyl (C=O) groups excluding carboxylic acids is 2. The van der Waals surface area contributed by atoms with E-state index in [2.05, 4.69) is 20.9 Å². The number of nitrogens with zero attached hydrogens (tertiary/aromatic N) is 1. The van der Waals surface area contributed by atoms with Crippen molar-refractivity contribution in [3.63, 3.8) is 0 Å². The zero-order chi connectivity index (χ0) is 19.4. The van der Waals surface area contributed by atoms with Crippen LogP contribution >= 0.6 is 15.9 Å². The van der Waals surface area contributed by atoms with Crippen LogP contribution in [-0.4, -0.2) is 23.3 Å². The van der Waals surface area contributed by atoms with Crippen LogP contribution in [0.3, 0.4) is 0 Å². The number of benzene rings is 2. The topological polar surface area (TPSA) is 56.3 Å². The molecule has 0 N–H and O–H groups in total. The molecular weight excluding hydrogens is 406 g/mol. The molecule has 1 unspecified atom stereocenters. The summed E-state index contributed by atoms with van der Waals surface area (Å²) in [6.07, 6.45) is 0.375. The van der Waals surface area contributed by atoms with Crippen LogP contribution in [0.2, 0.25) is 0 Å². The number of Topliss-reactive ketones (excluding diaryl/α,β-unsaturated/α-hetero) is 1. The fourth-order valence-corrected chi connectivity index (χ4v) is 3.48. The van der Waals surface area contributed by atoms with E-state index in [4.69, 9.17) is 4.74 Å². The Kier molecular flexibility index (Phi) is 6.01. The highest BCUT2D eigenvalue weighted by Gasteiger charge is 2.26. The second-order valence-corrected chi connectivity index (χ2v) is 7.06. The van der Waals surface area contributed by atoms with Crippen molar-refractivity contribution in [2.75, 3.05) is 6.61 Å². The van der Waals surface area contributed by atoms with Gasteiger partial charge in [-0.25, -0.2) is 9.78 Å². The van der Waals surface area contributed by atoms with Crippen molar-refractivity contribution in [3.8, 4) is 0 Å². The number of hydrogen-bond donors (Lipinski definition) is 0. The minimum atomic E-state index is -0.539. The number of ketones is 1. The van der Waals surface area contributed by atoms with Gasteiger partial charge in [0.25, 0.3) is 0 Å². The van der Waals surface area contributed by atoms with Gasteiger partial charge in [0.15, 0.2) is 0 Å². The minimum absolute atomic E-state index is 0.0518. The van der Waals surface area contributed by atoms with Crippen molar-refractivity contribution in [1.29, 1.82) is 0 Å². The summed E-state index contributed by atoms with van der Waals surface area (Å²) in [5.41, 5.74) is 1.65. The summed E-state index contributed by atoms with van der Waals surface area (Å²) in [5, 5.41) is 1.68. The van der Waals surface area contributed by atoms with Gasteiger partial charge in [0.05, 0.1) is 18.2 Å². The monoisotopic (exact) mass is 425 g/mol. The summed E-state index contributed by atoms with van der Waals surface area (Å²) >= 11 is 3.49. The van der Waals surface area contributed by atoms with Gasteiger partial charge in [0, 0.05) is 16.3 Å². The first-order valence-corrected chi connectivity index (χ1v) is 9.69. The summed E-state index contributed by atoms with van der Waals surface area (Å²) in [4.78, 5) is 29.8. The number of rotatable bonds is 6. The van der Waals surface area contributed by atoms with Gasteiger partial charge in [0.2, 0.25) is 0 Å². The Morgan fingerprint density at radius 2 is 1.81 bits per heavy atom. The van der Waals surface area contributed by atoms with Crippen LogP contribution in [0.1, 0.15) is 47.9 Å². The van der Waals surface area contributed by atoms with E-state index in [1.54, 1.807) is 13.0 Å². The van der Waals surface area contributed by atoms with E-state index in [1.165, 1.54) is 0 Å². The molecule has 27 heavy (non-hydrogen) atoms. The van der Waals surface area contributed by atoms with Crippen LogP contribution in [0.4, 0.5) is 0 Å². The summed E-state index contributed by atoms with van der Waals surface area (Å²) in [7, 11) is 0. The van der Waals surface area contributed by atoms with Gasteiger partial charge in [-0.05, 0) is 36.1 Å². The second kappa shape index (κ2) is 8.44. The minimum Gasteiger partial charge on any atom is -0.461 e. The molecule has 0 aliphatic rings. The molecule has 3 aromatic rings. The molecule has 0 radical (unpaired) electrons. The van der Waals surface area contributed by atoms with E-state index in [9.17, 15) is 9.59 Å². The SMILES string of the molecule is CCOC(=O)c1cc2ccc(Br)cc2c(C(C(=O)CC)c2ccccc2)n1. The van der Waals surface area contributed by atoms with E-state index >= 15 is 0 Å².